The fourth-order valence-electron chi connectivity index (χ4n) is 1.83. The molecule has 22 heavy (non-hydrogen) atoms. The van der Waals surface area contributed by atoms with E-state index in [0.717, 1.165) is 21.3 Å². The van der Waals surface area contributed by atoms with E-state index in [4.69, 9.17) is 16.8 Å². The summed E-state index contributed by atoms with van der Waals surface area (Å²) in [6, 6.07) is 5.60. The summed E-state index contributed by atoms with van der Waals surface area (Å²) in [5.74, 6) is -0.629. The number of fused-ring (bicyclic) bond motifs is 1. The van der Waals surface area contributed by atoms with Crippen LogP contribution in [-0.2, 0) is 11.3 Å². The molecule has 112 valence electrons. The fourth-order valence-corrected chi connectivity index (χ4v) is 3.08. The molecule has 3 rings (SSSR count). The zero-order chi connectivity index (χ0) is 15.5. The molecular weight excluding hydrogens is 326 g/mol. The summed E-state index contributed by atoms with van der Waals surface area (Å²) in [4.78, 5) is 15.4. The van der Waals surface area contributed by atoms with Gasteiger partial charge in [0.2, 0.25) is 0 Å². The van der Waals surface area contributed by atoms with Crippen LogP contribution in [0.25, 0.3) is 16.3 Å². The minimum Gasteiger partial charge on any atom is -0.288 e. The van der Waals surface area contributed by atoms with E-state index in [1.165, 1.54) is 22.9 Å². The summed E-state index contributed by atoms with van der Waals surface area (Å²) in [6.07, 6.45) is 4.28. The maximum atomic E-state index is 10.9. The molecule has 0 atom stereocenters. The monoisotopic (exact) mass is 335 g/mol. The predicted molar refractivity (Wildman–Crippen MR) is 82.7 cm³/mol. The van der Waals surface area contributed by atoms with Gasteiger partial charge >= 0.3 is 0 Å². The van der Waals surface area contributed by atoms with Crippen molar-refractivity contribution in [3.63, 3.8) is 0 Å². The molecule has 0 spiro atoms. The Hall–Kier alpha value is -2.29. The van der Waals surface area contributed by atoms with E-state index in [-0.39, 0.29) is 0 Å². The first kappa shape index (κ1) is 14.6. The zero-order valence-electron chi connectivity index (χ0n) is 11.1. The first-order valence-electron chi connectivity index (χ1n) is 6.22. The van der Waals surface area contributed by atoms with Crippen molar-refractivity contribution in [1.29, 1.82) is 0 Å². The van der Waals surface area contributed by atoms with E-state index >= 15 is 0 Å². The lowest BCUT2D eigenvalue weighted by atomic mass is 10.3. The average Bonchev–Trinajstić information content (AvgIpc) is 3.12. The normalized spacial score (nSPS) is 11.4. The largest absolute Gasteiger partial charge is 0.288 e. The van der Waals surface area contributed by atoms with E-state index in [2.05, 4.69) is 15.3 Å². The molecule has 0 aliphatic carbocycles. The number of carbonyl (C=O) groups is 1. The van der Waals surface area contributed by atoms with Crippen molar-refractivity contribution >= 4 is 45.1 Å². The molecule has 0 saturated heterocycles. The molecule has 2 aromatic heterocycles. The van der Waals surface area contributed by atoms with Crippen LogP contribution in [0.15, 0.2) is 30.5 Å². The zero-order valence-corrected chi connectivity index (χ0v) is 12.7. The van der Waals surface area contributed by atoms with Crippen molar-refractivity contribution in [3.05, 3.63) is 46.2 Å². The van der Waals surface area contributed by atoms with Crippen molar-refractivity contribution in [2.24, 2.45) is 0 Å². The smallest absolute Gasteiger partial charge is 0.267 e. The van der Waals surface area contributed by atoms with E-state index in [0.29, 0.717) is 17.3 Å². The third kappa shape index (κ3) is 3.14. The van der Waals surface area contributed by atoms with Gasteiger partial charge in [-0.05, 0) is 18.2 Å². The Morgan fingerprint density at radius 1 is 1.50 bits per heavy atom. The molecule has 0 aliphatic heterocycles. The number of benzene rings is 1. The van der Waals surface area contributed by atoms with Gasteiger partial charge in [0, 0.05) is 6.08 Å². The molecule has 2 N–H and O–H groups in total. The Balaban J connectivity index is 1.78. The number of thiazole rings is 1. The van der Waals surface area contributed by atoms with E-state index in [1.54, 1.807) is 10.9 Å². The predicted octanol–water partition coefficient (Wildman–Crippen LogP) is 2.11. The van der Waals surface area contributed by atoms with Crippen molar-refractivity contribution in [2.45, 2.75) is 6.54 Å². The summed E-state index contributed by atoms with van der Waals surface area (Å²) in [5, 5.41) is 17.8. The highest BCUT2D eigenvalue weighted by atomic mass is 35.5. The van der Waals surface area contributed by atoms with Gasteiger partial charge in [0.1, 0.15) is 10.7 Å². The van der Waals surface area contributed by atoms with Crippen molar-refractivity contribution in [2.75, 3.05) is 0 Å². The van der Waals surface area contributed by atoms with Gasteiger partial charge in [0.25, 0.3) is 5.91 Å². The van der Waals surface area contributed by atoms with Gasteiger partial charge in [-0.25, -0.2) is 15.1 Å². The van der Waals surface area contributed by atoms with E-state index in [1.807, 2.05) is 18.2 Å². The summed E-state index contributed by atoms with van der Waals surface area (Å²) in [6.45, 7) is 0.461. The SMILES string of the molecule is O=C(C=Cc1cn(Cc2nc3cccc(Cl)c3s2)nn1)NO. The number of hydrogen-bond donors (Lipinski definition) is 2. The summed E-state index contributed by atoms with van der Waals surface area (Å²) in [7, 11) is 0. The minimum atomic E-state index is -0.629. The Morgan fingerprint density at radius 2 is 2.36 bits per heavy atom. The number of carbonyl (C=O) groups excluding carboxylic acids is 1. The Kier molecular flexibility index (Phi) is 4.14. The highest BCUT2D eigenvalue weighted by Gasteiger charge is 2.08. The molecule has 1 amide bonds. The molecule has 0 saturated carbocycles. The van der Waals surface area contributed by atoms with Gasteiger partial charge in [-0.3, -0.25) is 10.0 Å². The Morgan fingerprint density at radius 3 is 3.14 bits per heavy atom. The van der Waals surface area contributed by atoms with Gasteiger partial charge < -0.3 is 0 Å². The number of rotatable bonds is 4. The van der Waals surface area contributed by atoms with Crippen LogP contribution in [0.5, 0.6) is 0 Å². The standard InChI is InChI=1S/C13H10ClN5O2S/c14-9-2-1-3-10-13(9)22-12(15-10)7-19-6-8(16-18-19)4-5-11(20)17-21/h1-6,21H,7H2,(H,17,20). The molecule has 1 aromatic carbocycles. The third-order valence-corrected chi connectivity index (χ3v) is 4.30. The average molecular weight is 336 g/mol. The van der Waals surface area contributed by atoms with Crippen molar-refractivity contribution in [3.8, 4) is 0 Å². The van der Waals surface area contributed by atoms with Crippen LogP contribution in [-0.4, -0.2) is 31.1 Å². The van der Waals surface area contributed by atoms with E-state index < -0.39 is 5.91 Å². The maximum Gasteiger partial charge on any atom is 0.267 e. The Bertz CT molecular complexity index is 857. The second-order valence-electron chi connectivity index (χ2n) is 4.35. The van der Waals surface area contributed by atoms with Crippen LogP contribution >= 0.6 is 22.9 Å². The van der Waals surface area contributed by atoms with Crippen molar-refractivity contribution < 1.29 is 10.0 Å². The molecular formula is C13H10ClN5O2S. The van der Waals surface area contributed by atoms with Crippen LogP contribution in [0.4, 0.5) is 0 Å². The van der Waals surface area contributed by atoms with Gasteiger partial charge in [-0.15, -0.1) is 16.4 Å². The molecule has 3 aromatic rings. The van der Waals surface area contributed by atoms with Gasteiger partial charge in [-0.2, -0.15) is 0 Å². The molecule has 9 heteroatoms. The quantitative estimate of drug-likeness (QED) is 0.433. The van der Waals surface area contributed by atoms with Gasteiger partial charge in [0.15, 0.2) is 0 Å². The fraction of sp³-hybridized carbons (Fsp3) is 0.0769. The maximum absolute atomic E-state index is 10.9. The van der Waals surface area contributed by atoms with E-state index in [9.17, 15) is 4.79 Å². The molecule has 2 heterocycles. The van der Waals surface area contributed by atoms with Crippen molar-refractivity contribution in [1.82, 2.24) is 25.5 Å². The lowest BCUT2D eigenvalue weighted by Gasteiger charge is -1.93. The number of halogens is 1. The molecule has 0 radical (unpaired) electrons. The van der Waals surface area contributed by atoms with Crippen LogP contribution in [0.2, 0.25) is 5.02 Å². The lowest BCUT2D eigenvalue weighted by molar-refractivity contribution is -0.124. The molecule has 0 unspecified atom stereocenters. The number of hydroxylamine groups is 1. The molecule has 7 nitrogen and oxygen atoms in total. The van der Waals surface area contributed by atoms with Crippen LogP contribution < -0.4 is 5.48 Å². The molecule has 0 aliphatic rings. The number of nitrogens with zero attached hydrogens (tertiary/aromatic N) is 4. The van der Waals surface area contributed by atoms with Gasteiger partial charge in [0.05, 0.1) is 28.0 Å². The molecule has 0 fully saturated rings. The second-order valence-corrected chi connectivity index (χ2v) is 5.84. The topological polar surface area (TPSA) is 92.9 Å². The number of aromatic nitrogens is 4. The van der Waals surface area contributed by atoms with Crippen LogP contribution in [0, 0.1) is 0 Å². The summed E-state index contributed by atoms with van der Waals surface area (Å²) >= 11 is 7.63. The summed E-state index contributed by atoms with van der Waals surface area (Å²) < 4.78 is 2.56. The highest BCUT2D eigenvalue weighted by molar-refractivity contribution is 7.19. The minimum absolute atomic E-state index is 0.461. The van der Waals surface area contributed by atoms with Gasteiger partial charge in [-0.1, -0.05) is 22.9 Å². The number of amides is 1. The third-order valence-electron chi connectivity index (χ3n) is 2.78. The first-order valence-corrected chi connectivity index (χ1v) is 7.41. The van der Waals surface area contributed by atoms with Crippen LogP contribution in [0.3, 0.4) is 0 Å². The highest BCUT2D eigenvalue weighted by Crippen LogP contribution is 2.29. The first-order chi connectivity index (χ1) is 10.7. The number of hydrogen-bond acceptors (Lipinski definition) is 6. The van der Waals surface area contributed by atoms with Crippen LogP contribution in [0.1, 0.15) is 10.7 Å². The lowest BCUT2D eigenvalue weighted by Crippen LogP contribution is -2.14. The second kappa shape index (κ2) is 6.22. The summed E-state index contributed by atoms with van der Waals surface area (Å²) in [5.41, 5.74) is 2.86. The molecule has 0 bridgehead atoms. The number of nitrogens with one attached hydrogen (secondary N) is 1. The Labute approximate surface area is 133 Å².